The summed E-state index contributed by atoms with van der Waals surface area (Å²) in [5, 5.41) is 3.50. The Balaban J connectivity index is 0.000000312. The number of ether oxygens (including phenoxy) is 5. The maximum Gasteiger partial charge on any atom is 0.405 e. The number of pyridine rings is 1. The molecule has 3 aliphatic rings. The van der Waals surface area contributed by atoms with Crippen molar-refractivity contribution in [3.8, 4) is 22.6 Å². The highest BCUT2D eigenvalue weighted by molar-refractivity contribution is 9.10. The van der Waals surface area contributed by atoms with Gasteiger partial charge in [-0.1, -0.05) is 69.7 Å². The van der Waals surface area contributed by atoms with Crippen LogP contribution in [0.2, 0.25) is 0 Å². The van der Waals surface area contributed by atoms with Gasteiger partial charge in [0.05, 0.1) is 49.7 Å². The van der Waals surface area contributed by atoms with Gasteiger partial charge in [0.15, 0.2) is 10.8 Å². The molecule has 2 atom stereocenters. The number of nitrogens with one attached hydrogen (secondary N) is 1. The summed E-state index contributed by atoms with van der Waals surface area (Å²) in [6.07, 6.45) is -7.35. The number of aromatic nitrogens is 2. The summed E-state index contributed by atoms with van der Waals surface area (Å²) in [6.45, 7) is 15.1. The summed E-state index contributed by atoms with van der Waals surface area (Å²) in [7, 11) is 0. The lowest BCUT2D eigenvalue weighted by molar-refractivity contribution is -0.198. The fraction of sp³-hybridized carbons (Fsp3) is 0.477. The minimum Gasteiger partial charge on any atom is -0.493 e. The Kier molecular flexibility index (Phi) is 23.7. The first-order valence-corrected chi connectivity index (χ1v) is 31.7. The lowest BCUT2D eigenvalue weighted by atomic mass is 9.94. The highest BCUT2D eigenvalue weighted by atomic mass is 79.9. The summed E-state index contributed by atoms with van der Waals surface area (Å²) in [5.41, 5.74) is 5.50. The number of anilines is 2. The maximum absolute atomic E-state index is 14.1. The molecule has 5 heterocycles. The average Bonchev–Trinajstić information content (AvgIpc) is 1.20. The molecule has 486 valence electrons. The SMILES string of the molecule is CCOC(=O)CN1CCN(CCCOc2cccc(-c3ccc(N4CCc5cccc(C(=O)Nc6nc7ccccc7s6)c5C4)nc3C(=O)OC(C)(C)C)c2C)[C@H](C(F)(F)F)C1.CCOC(=O)CN1CCN(CCCOc2cccc(Br)c2C)[C@H](C(F)(F)F)C1. The lowest BCUT2D eigenvalue weighted by Crippen LogP contribution is -2.59. The first-order chi connectivity index (χ1) is 42.8. The quantitative estimate of drug-likeness (QED) is 0.0312. The van der Waals surface area contributed by atoms with Crippen molar-refractivity contribution in [1.82, 2.24) is 29.6 Å². The van der Waals surface area contributed by atoms with E-state index in [-0.39, 0.29) is 83.8 Å². The van der Waals surface area contributed by atoms with Gasteiger partial charge in [-0.15, -0.1) is 0 Å². The summed E-state index contributed by atoms with van der Waals surface area (Å²) in [5.74, 6) is -0.0900. The fourth-order valence-electron chi connectivity index (χ4n) is 11.1. The van der Waals surface area contributed by atoms with Crippen molar-refractivity contribution in [1.29, 1.82) is 0 Å². The molecule has 25 heteroatoms. The molecule has 9 rings (SSSR count). The first kappa shape index (κ1) is 69.0. The number of para-hydroxylation sites is 1. The molecule has 0 radical (unpaired) electrons. The van der Waals surface area contributed by atoms with E-state index in [2.05, 4.69) is 26.2 Å². The zero-order chi connectivity index (χ0) is 64.9. The Bertz CT molecular complexity index is 3420. The van der Waals surface area contributed by atoms with Gasteiger partial charge in [0, 0.05) is 86.6 Å². The molecule has 0 spiro atoms. The number of fused-ring (bicyclic) bond motifs is 2. The summed E-state index contributed by atoms with van der Waals surface area (Å²) < 4.78 is 112. The van der Waals surface area contributed by atoms with Gasteiger partial charge in [-0.2, -0.15) is 26.3 Å². The summed E-state index contributed by atoms with van der Waals surface area (Å²) in [6, 6.07) is 24.9. The predicted octanol–water partition coefficient (Wildman–Crippen LogP) is 12.0. The van der Waals surface area contributed by atoms with Crippen molar-refractivity contribution < 1.29 is 69.2 Å². The first-order valence-electron chi connectivity index (χ1n) is 30.0. The lowest BCUT2D eigenvalue weighted by Gasteiger charge is -2.41. The van der Waals surface area contributed by atoms with E-state index in [1.54, 1.807) is 46.8 Å². The second-order valence-electron chi connectivity index (χ2n) is 23.1. The fourth-order valence-corrected chi connectivity index (χ4v) is 12.3. The number of nitrogens with zero attached hydrogens (tertiary/aromatic N) is 7. The number of halogens is 7. The van der Waals surface area contributed by atoms with Crippen LogP contribution in [0.1, 0.15) is 90.6 Å². The molecule has 0 saturated carbocycles. The van der Waals surface area contributed by atoms with Crippen molar-refractivity contribution in [3.63, 3.8) is 0 Å². The number of esters is 3. The summed E-state index contributed by atoms with van der Waals surface area (Å²) in [4.78, 5) is 68.5. The largest absolute Gasteiger partial charge is 0.493 e. The minimum absolute atomic E-state index is 0.112. The van der Waals surface area contributed by atoms with Gasteiger partial charge in [-0.25, -0.2) is 14.8 Å². The van der Waals surface area contributed by atoms with Crippen molar-refractivity contribution in [2.45, 2.75) is 104 Å². The van der Waals surface area contributed by atoms with Crippen LogP contribution in [-0.2, 0) is 36.8 Å². The Morgan fingerprint density at radius 3 is 1.82 bits per heavy atom. The number of hydrogen-bond donors (Lipinski definition) is 1. The van der Waals surface area contributed by atoms with Crippen molar-refractivity contribution in [2.24, 2.45) is 0 Å². The zero-order valence-electron chi connectivity index (χ0n) is 51.6. The van der Waals surface area contributed by atoms with E-state index in [1.165, 1.54) is 30.9 Å². The van der Waals surface area contributed by atoms with Crippen LogP contribution in [0.15, 0.2) is 95.5 Å². The third kappa shape index (κ3) is 18.6. The van der Waals surface area contributed by atoms with E-state index in [1.807, 2.05) is 97.6 Å². The van der Waals surface area contributed by atoms with Crippen LogP contribution < -0.4 is 19.7 Å². The molecule has 90 heavy (non-hydrogen) atoms. The van der Waals surface area contributed by atoms with Gasteiger partial charge in [0.25, 0.3) is 5.91 Å². The number of carbonyl (C=O) groups excluding carboxylic acids is 4. The number of hydrogen-bond acceptors (Lipinski definition) is 17. The topological polar surface area (TPSA) is 168 Å². The van der Waals surface area contributed by atoms with Crippen LogP contribution in [-0.4, -0.2) is 182 Å². The average molecular weight is 1340 g/mol. The van der Waals surface area contributed by atoms with Crippen molar-refractivity contribution >= 4 is 72.2 Å². The van der Waals surface area contributed by atoms with Crippen LogP contribution in [0.5, 0.6) is 11.5 Å². The number of rotatable bonds is 21. The number of piperazine rings is 2. The van der Waals surface area contributed by atoms with Crippen molar-refractivity contribution in [3.05, 3.63) is 129 Å². The van der Waals surface area contributed by atoms with Crippen LogP contribution >= 0.6 is 27.3 Å². The Hall–Kier alpha value is -6.90. The van der Waals surface area contributed by atoms with E-state index >= 15 is 0 Å². The molecule has 4 aromatic carbocycles. The Morgan fingerprint density at radius 1 is 0.667 bits per heavy atom. The number of alkyl halides is 6. The van der Waals surface area contributed by atoms with E-state index in [0.717, 1.165) is 42.7 Å². The molecule has 17 nitrogen and oxygen atoms in total. The minimum atomic E-state index is -4.47. The van der Waals surface area contributed by atoms with E-state index in [4.69, 9.17) is 28.7 Å². The van der Waals surface area contributed by atoms with Gasteiger partial charge >= 0.3 is 30.3 Å². The maximum atomic E-state index is 14.1. The highest BCUT2D eigenvalue weighted by Gasteiger charge is 2.48. The van der Waals surface area contributed by atoms with E-state index in [0.29, 0.717) is 85.4 Å². The second kappa shape index (κ2) is 30.9. The van der Waals surface area contributed by atoms with Gasteiger partial charge in [0.1, 0.15) is 35.0 Å². The van der Waals surface area contributed by atoms with Crippen molar-refractivity contribution in [2.75, 3.05) is 109 Å². The van der Waals surface area contributed by atoms with Crippen LogP contribution in [0, 0.1) is 13.8 Å². The smallest absolute Gasteiger partial charge is 0.405 e. The molecule has 1 N–H and O–H groups in total. The molecule has 0 unspecified atom stereocenters. The molecular formula is C65H77BrF6N8O9S. The van der Waals surface area contributed by atoms with E-state index < -0.39 is 47.9 Å². The molecular weight excluding hydrogens is 1260 g/mol. The number of thiazole rings is 1. The van der Waals surface area contributed by atoms with Gasteiger partial charge in [-0.3, -0.25) is 39.3 Å². The highest BCUT2D eigenvalue weighted by Crippen LogP contribution is 2.37. The van der Waals surface area contributed by atoms with Crippen LogP contribution in [0.25, 0.3) is 21.3 Å². The molecule has 0 aliphatic carbocycles. The number of amides is 1. The van der Waals surface area contributed by atoms with Gasteiger partial charge in [-0.05, 0) is 139 Å². The van der Waals surface area contributed by atoms with E-state index in [9.17, 15) is 45.5 Å². The second-order valence-corrected chi connectivity index (χ2v) is 25.0. The van der Waals surface area contributed by atoms with Crippen LogP contribution in [0.4, 0.5) is 37.3 Å². The Morgan fingerprint density at radius 2 is 1.24 bits per heavy atom. The van der Waals surface area contributed by atoms with Gasteiger partial charge < -0.3 is 28.6 Å². The van der Waals surface area contributed by atoms with Gasteiger partial charge in [0.2, 0.25) is 0 Å². The molecule has 2 aromatic heterocycles. The van der Waals surface area contributed by atoms with Crippen LogP contribution in [0.3, 0.4) is 0 Å². The Labute approximate surface area is 533 Å². The number of benzene rings is 4. The molecule has 3 aliphatic heterocycles. The third-order valence-electron chi connectivity index (χ3n) is 15.5. The zero-order valence-corrected chi connectivity index (χ0v) is 54.0. The molecule has 6 aromatic rings. The monoisotopic (exact) mass is 1340 g/mol. The standard InChI is InChI=1S/C46H51F3N6O6S.C19H26BrF3N2O3/c1-6-59-40(56)28-53-23-24-54(38(27-53)46(47,48)49)21-11-25-60-36-16-10-13-31(29(36)2)32-18-19-39(51-41(32)43(58)61-45(3,4)5)55-22-20-30-12-9-14-33(34(30)26-55)42(57)52-44-50-35-15-7-8-17-37(35)62-44;1-3-27-18(26)13-24-9-10-25(17(12-24)19(21,22)23)8-5-11-28-16-7-4-6-15(20)14(16)2/h7-10,12-19,38H,6,11,20-28H2,1-5H3,(H,50,52,57);4,6-7,17H,3,5,8-13H2,1-2H3/t38-;17-/m00/s1. The normalized spacial score (nSPS) is 17.0. The molecule has 2 fully saturated rings. The molecule has 2 saturated heterocycles. The molecule has 1 amide bonds. The predicted molar refractivity (Wildman–Crippen MR) is 336 cm³/mol. The summed E-state index contributed by atoms with van der Waals surface area (Å²) >= 11 is 4.84. The molecule has 0 bridgehead atoms. The third-order valence-corrected chi connectivity index (χ3v) is 17.3. The number of carbonyl (C=O) groups is 4.